The third-order valence-corrected chi connectivity index (χ3v) is 7.68. The predicted molar refractivity (Wildman–Crippen MR) is 139 cm³/mol. The number of ether oxygens (including phenoxy) is 2. The highest BCUT2D eigenvalue weighted by Gasteiger charge is 2.42. The summed E-state index contributed by atoms with van der Waals surface area (Å²) in [6, 6.07) is 9.05. The maximum Gasteiger partial charge on any atom is 0.227 e. The number of nitrogens with zero attached hydrogens (tertiary/aromatic N) is 4. The van der Waals surface area contributed by atoms with Crippen molar-refractivity contribution in [2.24, 2.45) is 0 Å². The summed E-state index contributed by atoms with van der Waals surface area (Å²) in [6.45, 7) is 1.34. The van der Waals surface area contributed by atoms with Gasteiger partial charge in [0.15, 0.2) is 6.04 Å². The van der Waals surface area contributed by atoms with Crippen molar-refractivity contribution in [2.45, 2.75) is 25.3 Å². The summed E-state index contributed by atoms with van der Waals surface area (Å²) < 4.78 is 11.7. The number of carbonyl (C=O) groups excluding carboxylic acids is 1. The molecule has 8 nitrogen and oxygen atoms in total. The van der Waals surface area contributed by atoms with Gasteiger partial charge in [0.25, 0.3) is 0 Å². The standard InChI is InChI=1S/C27H29BrN4O4/c1-35-22-15-19-3-4-20-14-21(28)17-30-26(20)27(25(19)23(16-22)36-2)32(34)11-9-31(10-12-32)24(33)13-18-5-7-29-8-6-18/h5-8,14-17,27H,3-4,9-13H2,1-2H3. The molecule has 0 saturated carbocycles. The van der Waals surface area contributed by atoms with E-state index in [2.05, 4.69) is 27.0 Å². The number of benzene rings is 1. The molecule has 1 unspecified atom stereocenters. The number of carbonyl (C=O) groups is 1. The van der Waals surface area contributed by atoms with Crippen LogP contribution < -0.4 is 9.47 Å². The fraction of sp³-hybridized carbons (Fsp3) is 0.370. The van der Waals surface area contributed by atoms with Crippen molar-refractivity contribution in [3.8, 4) is 11.5 Å². The molecular formula is C27H29BrN4O4. The van der Waals surface area contributed by atoms with Gasteiger partial charge in [0.2, 0.25) is 5.91 Å². The topological polar surface area (TPSA) is 87.6 Å². The van der Waals surface area contributed by atoms with Gasteiger partial charge in [0, 0.05) is 29.1 Å². The Kier molecular flexibility index (Phi) is 6.96. The summed E-state index contributed by atoms with van der Waals surface area (Å²) in [5.74, 6) is 1.36. The summed E-state index contributed by atoms with van der Waals surface area (Å²) in [4.78, 5) is 23.5. The first-order valence-electron chi connectivity index (χ1n) is 12.1. The average molecular weight is 553 g/mol. The zero-order valence-electron chi connectivity index (χ0n) is 20.4. The van der Waals surface area contributed by atoms with Crippen molar-refractivity contribution < 1.29 is 18.9 Å². The second-order valence-corrected chi connectivity index (χ2v) is 10.2. The van der Waals surface area contributed by atoms with Crippen molar-refractivity contribution in [1.82, 2.24) is 14.9 Å². The van der Waals surface area contributed by atoms with E-state index in [0.717, 1.165) is 45.3 Å². The van der Waals surface area contributed by atoms with Crippen LogP contribution in [-0.4, -0.2) is 65.8 Å². The molecular weight excluding hydrogens is 524 g/mol. The van der Waals surface area contributed by atoms with Gasteiger partial charge in [-0.1, -0.05) is 0 Å². The Morgan fingerprint density at radius 2 is 1.83 bits per heavy atom. The zero-order chi connectivity index (χ0) is 25.3. The third-order valence-electron chi connectivity index (χ3n) is 7.25. The summed E-state index contributed by atoms with van der Waals surface area (Å²) in [5, 5.41) is 14.6. The molecule has 2 aliphatic rings. The highest BCUT2D eigenvalue weighted by atomic mass is 79.9. The van der Waals surface area contributed by atoms with Crippen molar-refractivity contribution in [3.63, 3.8) is 0 Å². The second-order valence-electron chi connectivity index (χ2n) is 9.32. The number of quaternary nitrogens is 1. The zero-order valence-corrected chi connectivity index (χ0v) is 22.0. The molecule has 1 aliphatic heterocycles. The Morgan fingerprint density at radius 3 is 2.53 bits per heavy atom. The van der Waals surface area contributed by atoms with Crippen LogP contribution in [0.4, 0.5) is 0 Å². The molecule has 0 spiro atoms. The number of piperazine rings is 1. The van der Waals surface area contributed by atoms with E-state index in [0.29, 0.717) is 31.0 Å². The van der Waals surface area contributed by atoms with Gasteiger partial charge in [0.05, 0.1) is 52.4 Å². The van der Waals surface area contributed by atoms with E-state index in [1.807, 2.05) is 24.3 Å². The highest BCUT2D eigenvalue weighted by Crippen LogP contribution is 2.46. The Balaban J connectivity index is 1.49. The van der Waals surface area contributed by atoms with E-state index >= 15 is 0 Å². The van der Waals surface area contributed by atoms with Gasteiger partial charge in [0.1, 0.15) is 17.2 Å². The molecule has 1 aromatic carbocycles. The maximum atomic E-state index is 14.6. The van der Waals surface area contributed by atoms with Crippen LogP contribution in [0.2, 0.25) is 0 Å². The number of amides is 1. The smallest absolute Gasteiger partial charge is 0.227 e. The van der Waals surface area contributed by atoms with Crippen LogP contribution >= 0.6 is 15.9 Å². The van der Waals surface area contributed by atoms with Crippen LogP contribution in [0.15, 0.2) is 53.4 Å². The number of halogens is 1. The Morgan fingerprint density at radius 1 is 1.11 bits per heavy atom. The first kappa shape index (κ1) is 24.7. The SMILES string of the molecule is COc1cc2c(c(OC)c1)C([N+]1([O-])CCN(C(=O)Cc3ccncc3)CC1)c1ncc(Br)cc1CC2. The molecule has 1 saturated heterocycles. The molecule has 0 N–H and O–H groups in total. The Labute approximate surface area is 219 Å². The summed E-state index contributed by atoms with van der Waals surface area (Å²) >= 11 is 3.54. The van der Waals surface area contributed by atoms with Gasteiger partial charge in [-0.05, 0) is 69.7 Å². The molecule has 1 aliphatic carbocycles. The quantitative estimate of drug-likeness (QED) is 0.353. The van der Waals surface area contributed by atoms with Crippen molar-refractivity contribution in [2.75, 3.05) is 40.4 Å². The highest BCUT2D eigenvalue weighted by molar-refractivity contribution is 9.10. The molecule has 5 rings (SSSR count). The molecule has 1 fully saturated rings. The normalized spacial score (nSPS) is 18.6. The number of fused-ring (bicyclic) bond motifs is 2. The van der Waals surface area contributed by atoms with Crippen LogP contribution in [0.1, 0.15) is 34.0 Å². The van der Waals surface area contributed by atoms with Gasteiger partial charge in [-0.3, -0.25) is 14.8 Å². The number of hydrogen-bond donors (Lipinski definition) is 0. The van der Waals surface area contributed by atoms with Gasteiger partial charge >= 0.3 is 0 Å². The summed E-state index contributed by atoms with van der Waals surface area (Å²) in [5.41, 5.74) is 4.67. The monoisotopic (exact) mass is 552 g/mol. The van der Waals surface area contributed by atoms with Crippen LogP contribution in [0.3, 0.4) is 0 Å². The Hall–Kier alpha value is -3.01. The molecule has 0 radical (unpaired) electrons. The van der Waals surface area contributed by atoms with E-state index in [1.165, 1.54) is 0 Å². The minimum atomic E-state index is -0.552. The first-order valence-corrected chi connectivity index (χ1v) is 12.8. The van der Waals surface area contributed by atoms with E-state index in [9.17, 15) is 10.0 Å². The van der Waals surface area contributed by atoms with E-state index < -0.39 is 10.7 Å². The molecule has 1 amide bonds. The number of methoxy groups -OCH3 is 2. The molecule has 9 heteroatoms. The average Bonchev–Trinajstić information content (AvgIpc) is 3.06. The summed E-state index contributed by atoms with van der Waals surface area (Å²) in [7, 11) is 3.25. The minimum absolute atomic E-state index is 0.0264. The van der Waals surface area contributed by atoms with E-state index in [1.54, 1.807) is 37.7 Å². The van der Waals surface area contributed by atoms with E-state index in [4.69, 9.17) is 14.5 Å². The largest absolute Gasteiger partial charge is 0.632 e. The molecule has 36 heavy (non-hydrogen) atoms. The predicted octanol–water partition coefficient (Wildman–Crippen LogP) is 3.84. The molecule has 1 atom stereocenters. The first-order chi connectivity index (χ1) is 17.4. The van der Waals surface area contributed by atoms with Crippen LogP contribution in [-0.2, 0) is 24.1 Å². The molecule has 188 valence electrons. The Bertz CT molecular complexity index is 1260. The van der Waals surface area contributed by atoms with Crippen LogP contribution in [0.25, 0.3) is 0 Å². The minimum Gasteiger partial charge on any atom is -0.632 e. The number of aryl methyl sites for hydroxylation is 2. The summed E-state index contributed by atoms with van der Waals surface area (Å²) in [6.07, 6.45) is 6.95. The fourth-order valence-corrected chi connectivity index (χ4v) is 5.74. The lowest BCUT2D eigenvalue weighted by molar-refractivity contribution is -0.909. The van der Waals surface area contributed by atoms with Crippen LogP contribution in [0.5, 0.6) is 11.5 Å². The number of pyridine rings is 2. The number of hydrogen-bond acceptors (Lipinski definition) is 6. The van der Waals surface area contributed by atoms with Gasteiger partial charge < -0.3 is 24.2 Å². The fourth-order valence-electron chi connectivity index (χ4n) is 5.36. The maximum absolute atomic E-state index is 14.6. The number of aromatic nitrogens is 2. The van der Waals surface area contributed by atoms with Crippen molar-refractivity contribution >= 4 is 21.8 Å². The molecule has 3 heterocycles. The lowest BCUT2D eigenvalue weighted by Gasteiger charge is -2.53. The lowest BCUT2D eigenvalue weighted by atomic mass is 9.94. The van der Waals surface area contributed by atoms with Crippen LogP contribution in [0, 0.1) is 5.21 Å². The van der Waals surface area contributed by atoms with Crippen molar-refractivity contribution in [1.29, 1.82) is 0 Å². The molecule has 2 aromatic heterocycles. The molecule has 0 bridgehead atoms. The van der Waals surface area contributed by atoms with E-state index in [-0.39, 0.29) is 19.0 Å². The van der Waals surface area contributed by atoms with Gasteiger partial charge in [-0.15, -0.1) is 0 Å². The number of rotatable bonds is 5. The lowest BCUT2D eigenvalue weighted by Crippen LogP contribution is -2.59. The molecule has 3 aromatic rings. The van der Waals surface area contributed by atoms with Gasteiger partial charge in [-0.25, -0.2) is 0 Å². The van der Waals surface area contributed by atoms with Gasteiger partial charge in [-0.2, -0.15) is 0 Å². The number of hydroxylamine groups is 3. The van der Waals surface area contributed by atoms with Crippen molar-refractivity contribution in [3.05, 3.63) is 86.6 Å². The third kappa shape index (κ3) is 4.70. The second kappa shape index (κ2) is 10.2.